The molecule has 0 spiro atoms. The van der Waals surface area contributed by atoms with Gasteiger partial charge in [-0.05, 0) is 30.8 Å². The van der Waals surface area contributed by atoms with Crippen molar-refractivity contribution in [2.75, 3.05) is 6.61 Å². The third-order valence-corrected chi connectivity index (χ3v) is 3.08. The van der Waals surface area contributed by atoms with E-state index in [0.717, 1.165) is 5.57 Å². The fourth-order valence-electron chi connectivity index (χ4n) is 1.98. The molecular formula is C12H19NO3. The predicted octanol–water partition coefficient (Wildman–Crippen LogP) is 2.31. The summed E-state index contributed by atoms with van der Waals surface area (Å²) in [6.07, 6.45) is 3.58. The molecule has 1 aliphatic rings. The van der Waals surface area contributed by atoms with Gasteiger partial charge in [0.05, 0.1) is 12.1 Å². The van der Waals surface area contributed by atoms with Gasteiger partial charge in [0.2, 0.25) is 0 Å². The van der Waals surface area contributed by atoms with Gasteiger partial charge in [-0.3, -0.25) is 4.79 Å². The normalized spacial score (nSPS) is 28.1. The van der Waals surface area contributed by atoms with Crippen LogP contribution < -0.4 is 0 Å². The summed E-state index contributed by atoms with van der Waals surface area (Å²) in [4.78, 5) is 15.8. The molecule has 1 rings (SSSR count). The number of nitrogens with zero attached hydrogens (tertiary/aromatic N) is 1. The number of rotatable bonds is 5. The van der Waals surface area contributed by atoms with Crippen molar-refractivity contribution >= 4 is 12.2 Å². The third-order valence-electron chi connectivity index (χ3n) is 3.08. The van der Waals surface area contributed by atoms with Gasteiger partial charge in [-0.1, -0.05) is 25.1 Å². The number of aliphatic carboxylic acids is 1. The summed E-state index contributed by atoms with van der Waals surface area (Å²) in [5, 5.41) is 12.7. The molecular weight excluding hydrogens is 206 g/mol. The zero-order chi connectivity index (χ0) is 12.3. The minimum Gasteiger partial charge on any atom is -0.481 e. The lowest BCUT2D eigenvalue weighted by Gasteiger charge is -1.97. The minimum atomic E-state index is -0.721. The van der Waals surface area contributed by atoms with Gasteiger partial charge in [-0.15, -0.1) is 0 Å². The number of hydrogen-bond acceptors (Lipinski definition) is 3. The third kappa shape index (κ3) is 2.62. The standard InChI is InChI=1S/C12H19NO3/c1-5-16-13-7-8(2)6-9-10(11(14)15)12(9,3)4/h6-7,9-10H,5H2,1-4H3,(H,14,15)/b8-6?,13-7+/t9-,10+/m1/s1. The van der Waals surface area contributed by atoms with Gasteiger partial charge in [0, 0.05) is 0 Å². The number of carboxylic acid groups (broad SMARTS) is 1. The van der Waals surface area contributed by atoms with Crippen molar-refractivity contribution in [2.45, 2.75) is 27.7 Å². The number of hydrogen-bond donors (Lipinski definition) is 1. The van der Waals surface area contributed by atoms with Crippen molar-refractivity contribution in [1.29, 1.82) is 0 Å². The van der Waals surface area contributed by atoms with E-state index >= 15 is 0 Å². The average molecular weight is 225 g/mol. The van der Waals surface area contributed by atoms with Crippen LogP contribution >= 0.6 is 0 Å². The van der Waals surface area contributed by atoms with Gasteiger partial charge in [-0.2, -0.15) is 0 Å². The summed E-state index contributed by atoms with van der Waals surface area (Å²) in [6, 6.07) is 0. The zero-order valence-electron chi connectivity index (χ0n) is 10.2. The molecule has 1 N–H and O–H groups in total. The van der Waals surface area contributed by atoms with E-state index in [4.69, 9.17) is 9.94 Å². The zero-order valence-corrected chi connectivity index (χ0v) is 10.2. The largest absolute Gasteiger partial charge is 0.481 e. The highest BCUT2D eigenvalue weighted by molar-refractivity contribution is 5.80. The van der Waals surface area contributed by atoms with Gasteiger partial charge in [-0.25, -0.2) is 0 Å². The molecule has 1 aliphatic carbocycles. The van der Waals surface area contributed by atoms with Crippen molar-refractivity contribution in [3.05, 3.63) is 11.6 Å². The lowest BCUT2D eigenvalue weighted by molar-refractivity contribution is -0.139. The van der Waals surface area contributed by atoms with Crippen LogP contribution in [0.5, 0.6) is 0 Å². The lowest BCUT2D eigenvalue weighted by Crippen LogP contribution is -2.03. The van der Waals surface area contributed by atoms with Crippen molar-refractivity contribution < 1.29 is 14.7 Å². The smallest absolute Gasteiger partial charge is 0.307 e. The van der Waals surface area contributed by atoms with E-state index < -0.39 is 5.97 Å². The van der Waals surface area contributed by atoms with Crippen molar-refractivity contribution in [2.24, 2.45) is 22.4 Å². The first-order valence-electron chi connectivity index (χ1n) is 5.47. The van der Waals surface area contributed by atoms with Crippen molar-refractivity contribution in [3.8, 4) is 0 Å². The molecule has 1 fully saturated rings. The minimum absolute atomic E-state index is 0.0954. The Hall–Kier alpha value is -1.32. The van der Waals surface area contributed by atoms with Crippen molar-refractivity contribution in [1.82, 2.24) is 0 Å². The van der Waals surface area contributed by atoms with E-state index in [1.807, 2.05) is 33.8 Å². The Labute approximate surface area is 96.0 Å². The second kappa shape index (κ2) is 4.68. The van der Waals surface area contributed by atoms with Crippen LogP contribution in [0.4, 0.5) is 0 Å². The van der Waals surface area contributed by atoms with Crippen LogP contribution in [0.1, 0.15) is 27.7 Å². The summed E-state index contributed by atoms with van der Waals surface area (Å²) in [7, 11) is 0. The molecule has 0 amide bonds. The van der Waals surface area contributed by atoms with E-state index in [9.17, 15) is 4.79 Å². The Morgan fingerprint density at radius 1 is 1.56 bits per heavy atom. The first kappa shape index (κ1) is 12.7. The topological polar surface area (TPSA) is 58.9 Å². The predicted molar refractivity (Wildman–Crippen MR) is 62.3 cm³/mol. The second-order valence-corrected chi connectivity index (χ2v) is 4.73. The summed E-state index contributed by atoms with van der Waals surface area (Å²) < 4.78 is 0. The monoisotopic (exact) mass is 225 g/mol. The highest BCUT2D eigenvalue weighted by Gasteiger charge is 2.60. The molecule has 0 unspecified atom stereocenters. The summed E-state index contributed by atoms with van der Waals surface area (Å²) in [6.45, 7) is 8.24. The molecule has 4 heteroatoms. The Kier molecular flexibility index (Phi) is 3.73. The van der Waals surface area contributed by atoms with Gasteiger partial charge in [0.1, 0.15) is 6.61 Å². The summed E-state index contributed by atoms with van der Waals surface area (Å²) in [5.74, 6) is -0.901. The van der Waals surface area contributed by atoms with Crippen LogP contribution in [-0.2, 0) is 9.63 Å². The van der Waals surface area contributed by atoms with Crippen molar-refractivity contribution in [3.63, 3.8) is 0 Å². The molecule has 90 valence electrons. The van der Waals surface area contributed by atoms with E-state index in [-0.39, 0.29) is 17.3 Å². The maximum absolute atomic E-state index is 10.9. The molecule has 0 bridgehead atoms. The summed E-state index contributed by atoms with van der Waals surface area (Å²) >= 11 is 0. The molecule has 1 saturated carbocycles. The number of carboxylic acids is 1. The fourth-order valence-corrected chi connectivity index (χ4v) is 1.98. The van der Waals surface area contributed by atoms with Crippen LogP contribution in [0.3, 0.4) is 0 Å². The van der Waals surface area contributed by atoms with Crippen LogP contribution in [0.2, 0.25) is 0 Å². The second-order valence-electron chi connectivity index (χ2n) is 4.73. The molecule has 0 heterocycles. The average Bonchev–Trinajstić information content (AvgIpc) is 2.68. The summed E-state index contributed by atoms with van der Waals surface area (Å²) in [5.41, 5.74) is 0.794. The molecule has 16 heavy (non-hydrogen) atoms. The Bertz CT molecular complexity index is 331. The van der Waals surface area contributed by atoms with E-state index in [2.05, 4.69) is 5.16 Å². The molecule has 2 atom stereocenters. The molecule has 4 nitrogen and oxygen atoms in total. The Morgan fingerprint density at radius 3 is 2.62 bits per heavy atom. The molecule has 0 aromatic rings. The van der Waals surface area contributed by atoms with Gasteiger partial charge >= 0.3 is 5.97 Å². The Morgan fingerprint density at radius 2 is 2.19 bits per heavy atom. The molecule has 0 aromatic carbocycles. The van der Waals surface area contributed by atoms with Crippen LogP contribution in [0, 0.1) is 17.3 Å². The maximum atomic E-state index is 10.9. The highest BCUT2D eigenvalue weighted by Crippen LogP contribution is 2.59. The number of allylic oxidation sites excluding steroid dienone is 2. The SMILES string of the molecule is CCO/N=C/C(C)=C[C@@H]1[C@@H](C(=O)O)C1(C)C. The van der Waals surface area contributed by atoms with E-state index in [1.54, 1.807) is 6.21 Å². The lowest BCUT2D eigenvalue weighted by atomic mass is 10.1. The maximum Gasteiger partial charge on any atom is 0.307 e. The van der Waals surface area contributed by atoms with E-state index in [1.165, 1.54) is 0 Å². The fraction of sp³-hybridized carbons (Fsp3) is 0.667. The van der Waals surface area contributed by atoms with Crippen LogP contribution in [0.25, 0.3) is 0 Å². The van der Waals surface area contributed by atoms with E-state index in [0.29, 0.717) is 6.61 Å². The Balaban J connectivity index is 2.61. The van der Waals surface area contributed by atoms with Gasteiger partial charge in [0.15, 0.2) is 0 Å². The first-order valence-corrected chi connectivity index (χ1v) is 5.47. The van der Waals surface area contributed by atoms with Crippen LogP contribution in [0.15, 0.2) is 16.8 Å². The number of carbonyl (C=O) groups is 1. The molecule has 0 aliphatic heterocycles. The highest BCUT2D eigenvalue weighted by atomic mass is 16.6. The molecule has 0 aromatic heterocycles. The molecule has 0 saturated heterocycles. The quantitative estimate of drug-likeness (QED) is 0.577. The molecule has 0 radical (unpaired) electrons. The van der Waals surface area contributed by atoms with Gasteiger partial charge < -0.3 is 9.94 Å². The van der Waals surface area contributed by atoms with Crippen LogP contribution in [-0.4, -0.2) is 23.9 Å². The van der Waals surface area contributed by atoms with Gasteiger partial charge in [0.25, 0.3) is 0 Å². The number of oxime groups is 1. The first-order chi connectivity index (χ1) is 7.41.